The summed E-state index contributed by atoms with van der Waals surface area (Å²) in [4.78, 5) is 6.39. The fourth-order valence-corrected chi connectivity index (χ4v) is 3.02. The molecule has 0 unspecified atom stereocenters. The Morgan fingerprint density at radius 3 is 2.38 bits per heavy atom. The number of hydrogen-bond acceptors (Lipinski definition) is 3. The molecule has 2 aromatic carbocycles. The van der Waals surface area contributed by atoms with Crippen LogP contribution in [0.15, 0.2) is 58.4 Å². The highest BCUT2D eigenvalue weighted by Gasteiger charge is 2.10. The van der Waals surface area contributed by atoms with Crippen LogP contribution in [0.3, 0.4) is 0 Å². The Balaban J connectivity index is 0.00000338. The van der Waals surface area contributed by atoms with Crippen LogP contribution in [0.1, 0.15) is 16.7 Å². The molecule has 0 aromatic heterocycles. The maximum absolute atomic E-state index is 11.4. The van der Waals surface area contributed by atoms with Crippen molar-refractivity contribution in [2.45, 2.75) is 24.9 Å². The quantitative estimate of drug-likeness (QED) is 0.385. The number of primary sulfonamides is 1. The van der Waals surface area contributed by atoms with Crippen LogP contribution < -0.4 is 10.5 Å². The molecular formula is C18H25IN4O2S. The third-order valence-electron chi connectivity index (χ3n) is 3.79. The molecule has 0 radical (unpaired) electrons. The molecule has 0 saturated heterocycles. The van der Waals surface area contributed by atoms with Gasteiger partial charge in [-0.25, -0.2) is 13.6 Å². The predicted octanol–water partition coefficient (Wildman–Crippen LogP) is 2.47. The monoisotopic (exact) mass is 488 g/mol. The van der Waals surface area contributed by atoms with Crippen molar-refractivity contribution in [1.82, 2.24) is 10.2 Å². The molecule has 0 atom stereocenters. The smallest absolute Gasteiger partial charge is 0.238 e. The second kappa shape index (κ2) is 9.89. The molecule has 2 rings (SSSR count). The molecule has 0 saturated carbocycles. The third-order valence-corrected chi connectivity index (χ3v) is 4.70. The van der Waals surface area contributed by atoms with Gasteiger partial charge >= 0.3 is 0 Å². The number of guanidine groups is 1. The zero-order valence-corrected chi connectivity index (χ0v) is 18.3. The van der Waals surface area contributed by atoms with Crippen LogP contribution in [0.4, 0.5) is 0 Å². The van der Waals surface area contributed by atoms with Gasteiger partial charge in [-0.2, -0.15) is 0 Å². The summed E-state index contributed by atoms with van der Waals surface area (Å²) in [5, 5.41) is 8.41. The molecule has 0 bridgehead atoms. The molecule has 6 nitrogen and oxygen atoms in total. The summed E-state index contributed by atoms with van der Waals surface area (Å²) in [5.41, 5.74) is 3.23. The minimum atomic E-state index is -3.70. The van der Waals surface area contributed by atoms with Crippen molar-refractivity contribution in [2.75, 3.05) is 14.1 Å². The van der Waals surface area contributed by atoms with Crippen LogP contribution in [0.25, 0.3) is 0 Å². The van der Waals surface area contributed by atoms with Crippen LogP contribution in [-0.4, -0.2) is 33.4 Å². The fraction of sp³-hybridized carbons (Fsp3) is 0.278. The average Bonchev–Trinajstić information content (AvgIpc) is 2.57. The minimum absolute atomic E-state index is 0. The molecule has 0 aliphatic carbocycles. The SMILES string of the molecule is CN=C(NCc1cccc(S(N)(=O)=O)c1)N(C)Cc1ccc(C)cc1.I. The van der Waals surface area contributed by atoms with Crippen molar-refractivity contribution in [3.05, 3.63) is 65.2 Å². The van der Waals surface area contributed by atoms with Gasteiger partial charge in [-0.3, -0.25) is 4.99 Å². The van der Waals surface area contributed by atoms with Gasteiger partial charge in [0.2, 0.25) is 10.0 Å². The molecule has 0 spiro atoms. The number of rotatable bonds is 5. The molecule has 2 aromatic rings. The van der Waals surface area contributed by atoms with Gasteiger partial charge in [0.15, 0.2) is 5.96 Å². The second-order valence-electron chi connectivity index (χ2n) is 5.93. The molecule has 0 amide bonds. The third kappa shape index (κ3) is 6.58. The first-order valence-corrected chi connectivity index (χ1v) is 9.43. The molecule has 0 heterocycles. The summed E-state index contributed by atoms with van der Waals surface area (Å²) in [7, 11) is -0.0271. The lowest BCUT2D eigenvalue weighted by Crippen LogP contribution is -2.38. The summed E-state index contributed by atoms with van der Waals surface area (Å²) in [6.07, 6.45) is 0. The lowest BCUT2D eigenvalue weighted by Gasteiger charge is -2.22. The van der Waals surface area contributed by atoms with Crippen molar-refractivity contribution >= 4 is 40.0 Å². The van der Waals surface area contributed by atoms with E-state index in [9.17, 15) is 8.42 Å². The van der Waals surface area contributed by atoms with E-state index in [1.54, 1.807) is 19.2 Å². The molecule has 0 aliphatic heterocycles. The summed E-state index contributed by atoms with van der Waals surface area (Å²) in [6.45, 7) is 3.23. The number of nitrogens with zero attached hydrogens (tertiary/aromatic N) is 2. The van der Waals surface area contributed by atoms with E-state index < -0.39 is 10.0 Å². The number of aliphatic imine (C=N–C) groups is 1. The Bertz CT molecular complexity index is 852. The highest BCUT2D eigenvalue weighted by molar-refractivity contribution is 14.0. The Morgan fingerprint density at radius 2 is 1.81 bits per heavy atom. The summed E-state index contributed by atoms with van der Waals surface area (Å²) < 4.78 is 22.9. The zero-order chi connectivity index (χ0) is 18.4. The van der Waals surface area contributed by atoms with Crippen molar-refractivity contribution in [3.8, 4) is 0 Å². The molecular weight excluding hydrogens is 463 g/mol. The first-order valence-electron chi connectivity index (χ1n) is 7.88. The van der Waals surface area contributed by atoms with E-state index in [0.29, 0.717) is 6.54 Å². The lowest BCUT2D eigenvalue weighted by molar-refractivity contribution is 0.476. The van der Waals surface area contributed by atoms with Crippen LogP contribution in [-0.2, 0) is 23.1 Å². The maximum atomic E-state index is 11.4. The molecule has 3 N–H and O–H groups in total. The van der Waals surface area contributed by atoms with E-state index in [4.69, 9.17) is 5.14 Å². The highest BCUT2D eigenvalue weighted by Crippen LogP contribution is 2.10. The largest absolute Gasteiger partial charge is 0.352 e. The molecule has 0 aliphatic rings. The number of benzene rings is 2. The van der Waals surface area contributed by atoms with Crippen LogP contribution in [0.5, 0.6) is 0 Å². The van der Waals surface area contributed by atoms with Crippen molar-refractivity contribution in [2.24, 2.45) is 10.1 Å². The van der Waals surface area contributed by atoms with Crippen molar-refractivity contribution < 1.29 is 8.42 Å². The normalized spacial score (nSPS) is 11.6. The number of hydrogen-bond donors (Lipinski definition) is 2. The van der Waals surface area contributed by atoms with E-state index in [0.717, 1.165) is 18.1 Å². The average molecular weight is 488 g/mol. The Labute approximate surface area is 172 Å². The zero-order valence-electron chi connectivity index (χ0n) is 15.1. The maximum Gasteiger partial charge on any atom is 0.238 e. The molecule has 0 fully saturated rings. The van der Waals surface area contributed by atoms with E-state index in [-0.39, 0.29) is 28.9 Å². The van der Waals surface area contributed by atoms with Gasteiger partial charge in [0.05, 0.1) is 4.90 Å². The first kappa shape index (κ1) is 22.4. The fourth-order valence-electron chi connectivity index (χ4n) is 2.44. The number of nitrogens with two attached hydrogens (primary N) is 1. The number of sulfonamides is 1. The standard InChI is InChI=1S/C18H24N4O2S.HI/c1-14-7-9-15(10-8-14)13-22(3)18(20-2)21-12-16-5-4-6-17(11-16)25(19,23)24;/h4-11H,12-13H2,1-3H3,(H,20,21)(H2,19,23,24);1H. The first-order chi connectivity index (χ1) is 11.8. The molecule has 8 heteroatoms. The van der Waals surface area contributed by atoms with Gasteiger partial charge < -0.3 is 10.2 Å². The highest BCUT2D eigenvalue weighted by atomic mass is 127. The van der Waals surface area contributed by atoms with E-state index >= 15 is 0 Å². The minimum Gasteiger partial charge on any atom is -0.352 e. The number of nitrogens with one attached hydrogen (secondary N) is 1. The van der Waals surface area contributed by atoms with E-state index in [1.807, 2.05) is 18.0 Å². The van der Waals surface area contributed by atoms with Gasteiger partial charge in [-0.05, 0) is 30.2 Å². The number of halogens is 1. The number of aryl methyl sites for hydroxylation is 1. The van der Waals surface area contributed by atoms with Gasteiger partial charge in [0.1, 0.15) is 0 Å². The topological polar surface area (TPSA) is 87.8 Å². The lowest BCUT2D eigenvalue weighted by atomic mass is 10.1. The Hall–Kier alpha value is -1.65. The van der Waals surface area contributed by atoms with Crippen LogP contribution >= 0.6 is 24.0 Å². The predicted molar refractivity (Wildman–Crippen MR) is 116 cm³/mol. The van der Waals surface area contributed by atoms with Crippen molar-refractivity contribution in [1.29, 1.82) is 0 Å². The molecule has 142 valence electrons. The van der Waals surface area contributed by atoms with E-state index in [2.05, 4.69) is 41.5 Å². The van der Waals surface area contributed by atoms with Gasteiger partial charge in [-0.15, -0.1) is 24.0 Å². The summed E-state index contributed by atoms with van der Waals surface area (Å²) in [5.74, 6) is 0.724. The Morgan fingerprint density at radius 1 is 1.15 bits per heavy atom. The van der Waals surface area contributed by atoms with Crippen LogP contribution in [0.2, 0.25) is 0 Å². The summed E-state index contributed by atoms with van der Waals surface area (Å²) >= 11 is 0. The van der Waals surface area contributed by atoms with Gasteiger partial charge in [0, 0.05) is 27.2 Å². The summed E-state index contributed by atoms with van der Waals surface area (Å²) in [6, 6.07) is 14.9. The van der Waals surface area contributed by atoms with Gasteiger partial charge in [-0.1, -0.05) is 42.0 Å². The van der Waals surface area contributed by atoms with E-state index in [1.165, 1.54) is 17.2 Å². The Kier molecular flexibility index (Phi) is 8.51. The van der Waals surface area contributed by atoms with Crippen LogP contribution in [0, 0.1) is 6.92 Å². The van der Waals surface area contributed by atoms with Gasteiger partial charge in [0.25, 0.3) is 0 Å². The van der Waals surface area contributed by atoms with Crippen molar-refractivity contribution in [3.63, 3.8) is 0 Å². The second-order valence-corrected chi connectivity index (χ2v) is 7.50. The molecule has 26 heavy (non-hydrogen) atoms.